The molecule has 2 rings (SSSR count). The SMILES string of the molecule is CCN/C(S)=N/N=C(/C=N/N=C(\S)NCC)c1ccc(CCCN2CCOCC2)o1. The number of thiol groups is 2. The molecule has 2 N–H and O–H groups in total. The number of amidine groups is 2. The monoisotopic (exact) mass is 453 g/mol. The van der Waals surface area contributed by atoms with Gasteiger partial charge in [-0.1, -0.05) is 0 Å². The molecule has 1 aromatic heterocycles. The standard InChI is InChI=1S/C19H31N7O2S2/c1-3-20-18(29)24-22-14-16(23-25-19(30)21-4-2)17-8-7-15(28-17)6-5-9-26-10-12-27-13-11-26/h7-8,14H,3-6,9-13H2,1-2H3,(H2,20,24,29)(H2,21,25,30)/b22-14+,23-16-. The van der Waals surface area contributed by atoms with Gasteiger partial charge in [0, 0.05) is 32.6 Å². The summed E-state index contributed by atoms with van der Waals surface area (Å²) >= 11 is 8.44. The number of morpholine rings is 1. The lowest BCUT2D eigenvalue weighted by molar-refractivity contribution is 0.0373. The third-order valence-electron chi connectivity index (χ3n) is 4.17. The molecule has 1 aliphatic rings. The zero-order valence-corrected chi connectivity index (χ0v) is 19.3. The van der Waals surface area contributed by atoms with Gasteiger partial charge in [0.25, 0.3) is 0 Å². The van der Waals surface area contributed by atoms with Gasteiger partial charge in [-0.25, -0.2) is 0 Å². The maximum absolute atomic E-state index is 5.97. The zero-order chi connectivity index (χ0) is 21.6. The van der Waals surface area contributed by atoms with Gasteiger partial charge >= 0.3 is 0 Å². The second-order valence-electron chi connectivity index (χ2n) is 6.46. The first-order valence-corrected chi connectivity index (χ1v) is 11.0. The fourth-order valence-corrected chi connectivity index (χ4v) is 3.13. The summed E-state index contributed by atoms with van der Waals surface area (Å²) in [4.78, 5) is 2.41. The summed E-state index contributed by atoms with van der Waals surface area (Å²) in [5.74, 6) is 1.47. The van der Waals surface area contributed by atoms with Crippen LogP contribution >= 0.6 is 25.3 Å². The second-order valence-corrected chi connectivity index (χ2v) is 7.31. The van der Waals surface area contributed by atoms with Crippen LogP contribution < -0.4 is 10.6 Å². The van der Waals surface area contributed by atoms with Crippen LogP contribution in [0.15, 0.2) is 37.0 Å². The highest BCUT2D eigenvalue weighted by Crippen LogP contribution is 2.12. The minimum absolute atomic E-state index is 0.409. The Hall–Kier alpha value is -1.82. The van der Waals surface area contributed by atoms with Crippen LogP contribution in [0.4, 0.5) is 0 Å². The Kier molecular flexibility index (Phi) is 11.6. The van der Waals surface area contributed by atoms with Crippen molar-refractivity contribution in [3.05, 3.63) is 23.7 Å². The molecule has 0 atom stereocenters. The van der Waals surface area contributed by atoms with Gasteiger partial charge in [0.1, 0.15) is 11.5 Å². The summed E-state index contributed by atoms with van der Waals surface area (Å²) in [6.07, 6.45) is 3.35. The molecule has 2 heterocycles. The molecule has 1 saturated heterocycles. The van der Waals surface area contributed by atoms with Crippen LogP contribution in [0.2, 0.25) is 0 Å². The maximum atomic E-state index is 5.97. The van der Waals surface area contributed by atoms with E-state index in [4.69, 9.17) is 9.15 Å². The van der Waals surface area contributed by atoms with Crippen molar-refractivity contribution in [2.45, 2.75) is 26.7 Å². The van der Waals surface area contributed by atoms with Crippen LogP contribution in [0.3, 0.4) is 0 Å². The van der Waals surface area contributed by atoms with Gasteiger partial charge in [-0.3, -0.25) is 4.90 Å². The topological polar surface area (TPSA) is 99.1 Å². The van der Waals surface area contributed by atoms with Crippen molar-refractivity contribution in [1.29, 1.82) is 0 Å². The number of furan rings is 1. The normalized spacial score (nSPS) is 17.0. The molecule has 0 spiro atoms. The highest BCUT2D eigenvalue weighted by Gasteiger charge is 2.12. The van der Waals surface area contributed by atoms with Crippen LogP contribution in [0.5, 0.6) is 0 Å². The third-order valence-corrected chi connectivity index (χ3v) is 4.67. The van der Waals surface area contributed by atoms with Gasteiger partial charge in [-0.2, -0.15) is 5.10 Å². The number of nitrogens with zero attached hydrogens (tertiary/aromatic N) is 5. The van der Waals surface area contributed by atoms with Crippen molar-refractivity contribution in [1.82, 2.24) is 15.5 Å². The molecule has 166 valence electrons. The van der Waals surface area contributed by atoms with Gasteiger partial charge in [0.05, 0.1) is 19.4 Å². The van der Waals surface area contributed by atoms with Crippen LogP contribution in [0.25, 0.3) is 0 Å². The number of rotatable bonds is 10. The van der Waals surface area contributed by atoms with Crippen molar-refractivity contribution < 1.29 is 9.15 Å². The van der Waals surface area contributed by atoms with Gasteiger partial charge in [0.2, 0.25) is 0 Å². The Labute approximate surface area is 188 Å². The van der Waals surface area contributed by atoms with E-state index >= 15 is 0 Å². The first-order valence-electron chi connectivity index (χ1n) is 10.1. The molecule has 1 aliphatic heterocycles. The molecule has 30 heavy (non-hydrogen) atoms. The van der Waals surface area contributed by atoms with Crippen LogP contribution in [-0.2, 0) is 11.2 Å². The average Bonchev–Trinajstić information content (AvgIpc) is 3.20. The molecule has 0 amide bonds. The van der Waals surface area contributed by atoms with Crippen LogP contribution in [0, 0.1) is 0 Å². The van der Waals surface area contributed by atoms with Crippen molar-refractivity contribution in [2.24, 2.45) is 20.4 Å². The predicted octanol–water partition coefficient (Wildman–Crippen LogP) is 2.02. The Bertz CT molecular complexity index is 756. The molecular weight excluding hydrogens is 422 g/mol. The molecule has 0 aromatic carbocycles. The number of aryl methyl sites for hydroxylation is 1. The maximum Gasteiger partial charge on any atom is 0.180 e. The Balaban J connectivity index is 2.03. The predicted molar refractivity (Wildman–Crippen MR) is 130 cm³/mol. The average molecular weight is 454 g/mol. The van der Waals surface area contributed by atoms with E-state index in [9.17, 15) is 0 Å². The summed E-state index contributed by atoms with van der Waals surface area (Å²) in [6.45, 7) is 9.96. The second kappa shape index (κ2) is 14.2. The van der Waals surface area contributed by atoms with Gasteiger partial charge < -0.3 is 19.8 Å². The van der Waals surface area contributed by atoms with Crippen LogP contribution in [-0.4, -0.2) is 73.1 Å². The largest absolute Gasteiger partial charge is 0.459 e. The minimum atomic E-state index is 0.409. The minimum Gasteiger partial charge on any atom is -0.459 e. The molecule has 0 radical (unpaired) electrons. The summed E-state index contributed by atoms with van der Waals surface area (Å²) < 4.78 is 11.4. The van der Waals surface area contributed by atoms with E-state index in [0.717, 1.165) is 51.4 Å². The molecule has 0 bridgehead atoms. The quantitative estimate of drug-likeness (QED) is 0.188. The summed E-state index contributed by atoms with van der Waals surface area (Å²) in [6, 6.07) is 3.82. The van der Waals surface area contributed by atoms with Crippen LogP contribution in [0.1, 0.15) is 31.8 Å². The lowest BCUT2D eigenvalue weighted by atomic mass is 10.2. The van der Waals surface area contributed by atoms with Crippen molar-refractivity contribution in [3.8, 4) is 0 Å². The Morgan fingerprint density at radius 1 is 1.07 bits per heavy atom. The Morgan fingerprint density at radius 3 is 2.47 bits per heavy atom. The van der Waals surface area contributed by atoms with E-state index in [2.05, 4.69) is 61.2 Å². The smallest absolute Gasteiger partial charge is 0.180 e. The van der Waals surface area contributed by atoms with Gasteiger partial charge in [0.15, 0.2) is 16.1 Å². The van der Waals surface area contributed by atoms with E-state index in [1.54, 1.807) is 0 Å². The van der Waals surface area contributed by atoms with Gasteiger partial charge in [-0.15, -0.1) is 40.6 Å². The molecular formula is C19H31N7O2S2. The molecule has 0 unspecified atom stereocenters. The summed E-state index contributed by atoms with van der Waals surface area (Å²) in [7, 11) is 0. The Morgan fingerprint density at radius 2 is 1.77 bits per heavy atom. The number of hydrogen-bond acceptors (Lipinski definition) is 7. The van der Waals surface area contributed by atoms with E-state index in [-0.39, 0.29) is 0 Å². The van der Waals surface area contributed by atoms with Crippen molar-refractivity contribution in [2.75, 3.05) is 45.9 Å². The molecule has 9 nitrogen and oxygen atoms in total. The lowest BCUT2D eigenvalue weighted by Gasteiger charge is -2.26. The molecule has 1 fully saturated rings. The van der Waals surface area contributed by atoms with Crippen molar-refractivity contribution >= 4 is 47.5 Å². The number of nitrogens with one attached hydrogen (secondary N) is 2. The summed E-state index contributed by atoms with van der Waals surface area (Å²) in [5.41, 5.74) is 0.445. The fourth-order valence-electron chi connectivity index (χ4n) is 2.72. The number of ether oxygens (including phenoxy) is 1. The number of hydrogen-bond donors (Lipinski definition) is 4. The highest BCUT2D eigenvalue weighted by atomic mass is 32.1. The molecule has 11 heteroatoms. The zero-order valence-electron chi connectivity index (χ0n) is 17.5. The molecule has 0 saturated carbocycles. The third kappa shape index (κ3) is 9.33. The van der Waals surface area contributed by atoms with Crippen molar-refractivity contribution in [3.63, 3.8) is 0 Å². The van der Waals surface area contributed by atoms with E-state index < -0.39 is 0 Å². The summed E-state index contributed by atoms with van der Waals surface area (Å²) in [5, 5.41) is 23.0. The lowest BCUT2D eigenvalue weighted by Crippen LogP contribution is -2.36. The highest BCUT2D eigenvalue weighted by molar-refractivity contribution is 7.97. The van der Waals surface area contributed by atoms with E-state index in [1.807, 2.05) is 26.0 Å². The van der Waals surface area contributed by atoms with E-state index in [0.29, 0.717) is 34.9 Å². The van der Waals surface area contributed by atoms with Gasteiger partial charge in [-0.05, 0) is 38.9 Å². The first-order chi connectivity index (χ1) is 14.6. The molecule has 0 aliphatic carbocycles. The first kappa shape index (κ1) is 24.4. The fraction of sp³-hybridized carbons (Fsp3) is 0.579. The molecule has 1 aromatic rings. The van der Waals surface area contributed by atoms with E-state index in [1.165, 1.54) is 6.21 Å².